The van der Waals surface area contributed by atoms with E-state index in [9.17, 15) is 9.59 Å². The van der Waals surface area contributed by atoms with Crippen molar-refractivity contribution < 1.29 is 14.0 Å². The number of hydrogen-bond acceptors (Lipinski definition) is 3. The van der Waals surface area contributed by atoms with Crippen LogP contribution in [0.1, 0.15) is 28.1 Å². The second kappa shape index (κ2) is 9.05. The monoisotopic (exact) mass is 423 g/mol. The molecule has 3 amide bonds. The molecule has 30 heavy (non-hydrogen) atoms. The minimum absolute atomic E-state index is 0.0654. The summed E-state index contributed by atoms with van der Waals surface area (Å²) in [5.74, 6) is 0.472. The number of nitrogens with zero attached hydrogens (tertiary/aromatic N) is 2. The molecule has 1 N–H and O–H groups in total. The number of carbonyl (C=O) groups is 2. The van der Waals surface area contributed by atoms with Gasteiger partial charge in [0.1, 0.15) is 5.76 Å². The molecule has 0 unspecified atom stereocenters. The molecule has 1 aromatic heterocycles. The van der Waals surface area contributed by atoms with Gasteiger partial charge in [-0.05, 0) is 54.4 Å². The molecule has 0 aliphatic carbocycles. The number of halogens is 1. The molecule has 0 atom stereocenters. The fourth-order valence-corrected chi connectivity index (χ4v) is 3.60. The Morgan fingerprint density at radius 3 is 2.67 bits per heavy atom. The van der Waals surface area contributed by atoms with Crippen LogP contribution in [0.4, 0.5) is 10.5 Å². The Morgan fingerprint density at radius 1 is 1.07 bits per heavy atom. The molecule has 4 rings (SSSR count). The maximum Gasteiger partial charge on any atom is 0.324 e. The first-order chi connectivity index (χ1) is 14.6. The first kappa shape index (κ1) is 20.0. The fourth-order valence-electron chi connectivity index (χ4n) is 3.48. The zero-order valence-electron chi connectivity index (χ0n) is 16.4. The topological polar surface area (TPSA) is 65.8 Å². The Hall–Kier alpha value is -3.25. The van der Waals surface area contributed by atoms with Gasteiger partial charge in [0.15, 0.2) is 0 Å². The van der Waals surface area contributed by atoms with Crippen molar-refractivity contribution in [3.63, 3.8) is 0 Å². The van der Waals surface area contributed by atoms with E-state index in [-0.39, 0.29) is 11.9 Å². The second-order valence-corrected chi connectivity index (χ2v) is 7.58. The molecule has 7 heteroatoms. The Labute approximate surface area is 180 Å². The molecular formula is C23H22ClN3O3. The lowest BCUT2D eigenvalue weighted by Gasteiger charge is -2.35. The fraction of sp³-hybridized carbons (Fsp3) is 0.217. The number of anilines is 1. The van der Waals surface area contributed by atoms with Crippen LogP contribution in [-0.4, -0.2) is 29.9 Å². The van der Waals surface area contributed by atoms with E-state index in [1.165, 1.54) is 0 Å². The van der Waals surface area contributed by atoms with Crippen LogP contribution in [0.25, 0.3) is 0 Å². The summed E-state index contributed by atoms with van der Waals surface area (Å²) in [5, 5.41) is 3.50. The average Bonchev–Trinajstić information content (AvgIpc) is 3.29. The molecule has 3 aromatic rings. The Balaban J connectivity index is 1.44. The predicted octanol–water partition coefficient (Wildman–Crippen LogP) is 4.70. The molecule has 6 nitrogen and oxygen atoms in total. The van der Waals surface area contributed by atoms with Crippen molar-refractivity contribution in [3.8, 4) is 0 Å². The largest absolute Gasteiger partial charge is 0.467 e. The summed E-state index contributed by atoms with van der Waals surface area (Å²) in [6.07, 6.45) is 2.42. The van der Waals surface area contributed by atoms with Crippen LogP contribution >= 0.6 is 11.6 Å². The molecule has 154 valence electrons. The minimum atomic E-state index is -0.212. The number of carbonyl (C=O) groups excluding carboxylic acids is 2. The summed E-state index contributed by atoms with van der Waals surface area (Å²) in [7, 11) is 0. The first-order valence-electron chi connectivity index (χ1n) is 9.82. The van der Waals surface area contributed by atoms with E-state index >= 15 is 0 Å². The highest BCUT2D eigenvalue weighted by Crippen LogP contribution is 2.23. The molecule has 1 aliphatic heterocycles. The summed E-state index contributed by atoms with van der Waals surface area (Å²) >= 11 is 5.95. The maximum atomic E-state index is 13.1. The highest BCUT2D eigenvalue weighted by atomic mass is 35.5. The van der Waals surface area contributed by atoms with Crippen molar-refractivity contribution in [2.24, 2.45) is 0 Å². The quantitative estimate of drug-likeness (QED) is 0.625. The van der Waals surface area contributed by atoms with Gasteiger partial charge in [0.2, 0.25) is 0 Å². The smallest absolute Gasteiger partial charge is 0.324 e. The van der Waals surface area contributed by atoms with Crippen LogP contribution < -0.4 is 10.2 Å². The molecule has 2 aromatic carbocycles. The van der Waals surface area contributed by atoms with Gasteiger partial charge in [0, 0.05) is 35.9 Å². The molecule has 0 spiro atoms. The lowest BCUT2D eigenvalue weighted by atomic mass is 10.1. The minimum Gasteiger partial charge on any atom is -0.467 e. The van der Waals surface area contributed by atoms with Crippen LogP contribution in [0.15, 0.2) is 71.3 Å². The summed E-state index contributed by atoms with van der Waals surface area (Å²) in [4.78, 5) is 29.1. The third-order valence-corrected chi connectivity index (χ3v) is 5.27. The van der Waals surface area contributed by atoms with Gasteiger partial charge in [-0.1, -0.05) is 29.8 Å². The molecule has 0 bridgehead atoms. The standard InChI is InChI=1S/C23H22ClN3O3/c24-19-9-7-17(8-10-19)16-26-11-3-12-27(23(26)29)20-5-1-4-18(14-20)22(28)25-15-21-6-2-13-30-21/h1-2,4-10,13-14H,3,11-12,15-16H2,(H,25,28). The average molecular weight is 424 g/mol. The Bertz CT molecular complexity index is 1020. The summed E-state index contributed by atoms with van der Waals surface area (Å²) in [6.45, 7) is 2.15. The van der Waals surface area contributed by atoms with E-state index in [1.54, 1.807) is 41.5 Å². The van der Waals surface area contributed by atoms with Gasteiger partial charge in [0.25, 0.3) is 5.91 Å². The molecule has 1 fully saturated rings. The SMILES string of the molecule is O=C(NCc1ccco1)c1cccc(N2CCCN(Cc3ccc(Cl)cc3)C2=O)c1. The van der Waals surface area contributed by atoms with E-state index in [4.69, 9.17) is 16.0 Å². The van der Waals surface area contributed by atoms with Gasteiger partial charge in [-0.25, -0.2) is 4.79 Å². The van der Waals surface area contributed by atoms with Gasteiger partial charge in [0.05, 0.1) is 12.8 Å². The summed E-state index contributed by atoms with van der Waals surface area (Å²) in [6, 6.07) is 18.2. The summed E-state index contributed by atoms with van der Waals surface area (Å²) < 4.78 is 5.24. The van der Waals surface area contributed by atoms with Crippen LogP contribution in [-0.2, 0) is 13.1 Å². The molecule has 0 radical (unpaired) electrons. The van der Waals surface area contributed by atoms with Gasteiger partial charge >= 0.3 is 6.03 Å². The molecule has 1 saturated heterocycles. The highest BCUT2D eigenvalue weighted by Gasteiger charge is 2.27. The number of furan rings is 1. The van der Waals surface area contributed by atoms with E-state index in [0.717, 1.165) is 12.0 Å². The maximum absolute atomic E-state index is 13.1. The third kappa shape index (κ3) is 4.66. The predicted molar refractivity (Wildman–Crippen MR) is 116 cm³/mol. The van der Waals surface area contributed by atoms with Crippen molar-refractivity contribution in [2.75, 3.05) is 18.0 Å². The number of benzene rings is 2. The molecular weight excluding hydrogens is 402 g/mol. The summed E-state index contributed by atoms with van der Waals surface area (Å²) in [5.41, 5.74) is 2.24. The zero-order chi connectivity index (χ0) is 20.9. The van der Waals surface area contributed by atoms with Crippen LogP contribution in [0.2, 0.25) is 5.02 Å². The number of nitrogens with one attached hydrogen (secondary N) is 1. The van der Waals surface area contributed by atoms with Gasteiger partial charge in [-0.15, -0.1) is 0 Å². The Kier molecular flexibility index (Phi) is 6.05. The van der Waals surface area contributed by atoms with Gasteiger partial charge in [-0.2, -0.15) is 0 Å². The number of rotatable bonds is 6. The lowest BCUT2D eigenvalue weighted by molar-refractivity contribution is 0.0948. The second-order valence-electron chi connectivity index (χ2n) is 7.15. The van der Waals surface area contributed by atoms with Crippen LogP contribution in [0.3, 0.4) is 0 Å². The van der Waals surface area contributed by atoms with E-state index < -0.39 is 0 Å². The Morgan fingerprint density at radius 2 is 1.90 bits per heavy atom. The number of amides is 3. The van der Waals surface area contributed by atoms with Crippen molar-refractivity contribution in [1.29, 1.82) is 0 Å². The normalized spacial score (nSPS) is 14.1. The van der Waals surface area contributed by atoms with E-state index in [2.05, 4.69) is 5.32 Å². The van der Waals surface area contributed by atoms with Crippen molar-refractivity contribution in [1.82, 2.24) is 10.2 Å². The zero-order valence-corrected chi connectivity index (χ0v) is 17.1. The molecule has 1 aliphatic rings. The van der Waals surface area contributed by atoms with Crippen molar-refractivity contribution >= 4 is 29.2 Å². The van der Waals surface area contributed by atoms with Crippen LogP contribution in [0, 0.1) is 0 Å². The third-order valence-electron chi connectivity index (χ3n) is 5.02. The number of urea groups is 1. The molecule has 0 saturated carbocycles. The van der Waals surface area contributed by atoms with Crippen molar-refractivity contribution in [2.45, 2.75) is 19.5 Å². The van der Waals surface area contributed by atoms with Gasteiger partial charge in [-0.3, -0.25) is 9.69 Å². The lowest BCUT2D eigenvalue weighted by Crippen LogP contribution is -2.49. The van der Waals surface area contributed by atoms with E-state index in [0.29, 0.717) is 48.2 Å². The number of hydrogen-bond donors (Lipinski definition) is 1. The van der Waals surface area contributed by atoms with Gasteiger partial charge < -0.3 is 14.6 Å². The highest BCUT2D eigenvalue weighted by molar-refractivity contribution is 6.30. The van der Waals surface area contributed by atoms with Crippen LogP contribution in [0.5, 0.6) is 0 Å². The first-order valence-corrected chi connectivity index (χ1v) is 10.2. The van der Waals surface area contributed by atoms with E-state index in [1.807, 2.05) is 35.2 Å². The molecule has 2 heterocycles. The van der Waals surface area contributed by atoms with Crippen molar-refractivity contribution in [3.05, 3.63) is 88.8 Å².